The molecule has 0 aromatic carbocycles. The Hall–Kier alpha value is -1.85. The predicted molar refractivity (Wildman–Crippen MR) is 59.9 cm³/mol. The van der Waals surface area contributed by atoms with E-state index in [0.717, 1.165) is 16.1 Å². The van der Waals surface area contributed by atoms with E-state index in [1.807, 2.05) is 0 Å². The molecule has 0 aromatic heterocycles. The molecule has 1 saturated heterocycles. The number of carbonyl (C=O) groups excluding carboxylic acids is 3. The summed E-state index contributed by atoms with van der Waals surface area (Å²) in [6, 6.07) is -0.571. The van der Waals surface area contributed by atoms with Crippen LogP contribution in [0.2, 0.25) is 0 Å². The molecule has 0 bridgehead atoms. The molecule has 4 amide bonds. The number of carbonyl (C=O) groups is 3. The number of hydrogen-bond acceptors (Lipinski definition) is 4. The topological polar surface area (TPSA) is 66.9 Å². The molecule has 0 aromatic rings. The number of urea groups is 1. The summed E-state index contributed by atoms with van der Waals surface area (Å²) in [6.45, 7) is 5.91. The third-order valence-electron chi connectivity index (χ3n) is 2.41. The zero-order chi connectivity index (χ0) is 13.0. The van der Waals surface area contributed by atoms with E-state index in [-0.39, 0.29) is 18.7 Å². The molecule has 0 saturated carbocycles. The fraction of sp³-hybridized carbons (Fsp3) is 0.545. The van der Waals surface area contributed by atoms with Gasteiger partial charge < -0.3 is 4.74 Å². The summed E-state index contributed by atoms with van der Waals surface area (Å²) < 4.78 is 4.97. The lowest BCUT2D eigenvalue weighted by Crippen LogP contribution is -2.56. The van der Waals surface area contributed by atoms with Gasteiger partial charge in [-0.05, 0) is 20.8 Å². The van der Waals surface area contributed by atoms with Gasteiger partial charge in [0, 0.05) is 13.1 Å². The van der Waals surface area contributed by atoms with Crippen LogP contribution in [0.4, 0.5) is 4.79 Å². The minimum atomic E-state index is -0.597. The lowest BCUT2D eigenvalue weighted by Gasteiger charge is -2.32. The van der Waals surface area contributed by atoms with E-state index in [4.69, 9.17) is 4.74 Å². The number of amides is 4. The average Bonchev–Trinajstić information content (AvgIpc) is 2.30. The lowest BCUT2D eigenvalue weighted by molar-refractivity contribution is -0.135. The van der Waals surface area contributed by atoms with Crippen LogP contribution < -0.4 is 0 Å². The first kappa shape index (κ1) is 13.2. The fourth-order valence-electron chi connectivity index (χ4n) is 1.53. The highest BCUT2D eigenvalue weighted by molar-refractivity contribution is 6.28. The van der Waals surface area contributed by atoms with Gasteiger partial charge in [-0.15, -0.1) is 0 Å². The van der Waals surface area contributed by atoms with E-state index >= 15 is 0 Å². The summed E-state index contributed by atoms with van der Waals surface area (Å²) in [4.78, 5) is 37.5. The highest BCUT2D eigenvalue weighted by Crippen LogP contribution is 2.16. The number of rotatable bonds is 4. The van der Waals surface area contributed by atoms with Gasteiger partial charge in [0.05, 0.1) is 6.61 Å². The summed E-state index contributed by atoms with van der Waals surface area (Å²) in [7, 11) is 0. The van der Waals surface area contributed by atoms with Gasteiger partial charge in [-0.1, -0.05) is 0 Å². The first-order valence-corrected chi connectivity index (χ1v) is 5.57. The monoisotopic (exact) mass is 240 g/mol. The van der Waals surface area contributed by atoms with Gasteiger partial charge in [-0.2, -0.15) is 0 Å². The Morgan fingerprint density at radius 2 is 1.47 bits per heavy atom. The normalized spacial score (nSPS) is 16.6. The third kappa shape index (κ3) is 2.30. The summed E-state index contributed by atoms with van der Waals surface area (Å²) in [5, 5.41) is 0. The molecule has 17 heavy (non-hydrogen) atoms. The van der Waals surface area contributed by atoms with Crippen LogP contribution in [0.25, 0.3) is 0 Å². The van der Waals surface area contributed by atoms with Crippen LogP contribution in [0.5, 0.6) is 0 Å². The van der Waals surface area contributed by atoms with Crippen molar-refractivity contribution in [3.63, 3.8) is 0 Å². The maximum absolute atomic E-state index is 11.9. The largest absolute Gasteiger partial charge is 0.500 e. The molecule has 94 valence electrons. The van der Waals surface area contributed by atoms with Crippen LogP contribution in [0.1, 0.15) is 20.8 Å². The molecule has 0 aliphatic carbocycles. The molecule has 1 aliphatic heterocycles. The quantitative estimate of drug-likeness (QED) is 0.413. The fourth-order valence-corrected chi connectivity index (χ4v) is 1.53. The van der Waals surface area contributed by atoms with Crippen molar-refractivity contribution >= 4 is 17.8 Å². The van der Waals surface area contributed by atoms with E-state index in [0.29, 0.717) is 6.61 Å². The van der Waals surface area contributed by atoms with Crippen molar-refractivity contribution in [1.82, 2.24) is 9.80 Å². The maximum Gasteiger partial charge on any atom is 0.333 e. The van der Waals surface area contributed by atoms with E-state index < -0.39 is 17.8 Å². The molecule has 6 heteroatoms. The zero-order valence-corrected chi connectivity index (χ0v) is 10.2. The van der Waals surface area contributed by atoms with Crippen LogP contribution in [-0.4, -0.2) is 47.3 Å². The van der Waals surface area contributed by atoms with E-state index in [1.54, 1.807) is 20.8 Å². The van der Waals surface area contributed by atoms with Crippen molar-refractivity contribution in [2.75, 3.05) is 19.7 Å². The Morgan fingerprint density at radius 3 is 1.82 bits per heavy atom. The van der Waals surface area contributed by atoms with Crippen molar-refractivity contribution in [3.05, 3.63) is 11.8 Å². The Morgan fingerprint density at radius 1 is 1.00 bits per heavy atom. The number of barbiturate groups is 1. The minimum Gasteiger partial charge on any atom is -0.500 e. The van der Waals surface area contributed by atoms with E-state index in [9.17, 15) is 14.4 Å². The molecule has 1 fully saturated rings. The molecule has 0 unspecified atom stereocenters. The van der Waals surface area contributed by atoms with Crippen LogP contribution in [0.3, 0.4) is 0 Å². The minimum absolute atomic E-state index is 0.102. The van der Waals surface area contributed by atoms with E-state index in [1.165, 1.54) is 0 Å². The molecule has 6 nitrogen and oxygen atoms in total. The Bertz CT molecular complexity index is 348. The maximum atomic E-state index is 11.9. The van der Waals surface area contributed by atoms with Gasteiger partial charge >= 0.3 is 6.03 Å². The number of likely N-dealkylation sites (N-methyl/N-ethyl adjacent to an activating group) is 2. The second-order valence-corrected chi connectivity index (χ2v) is 3.37. The molecule has 0 radical (unpaired) electrons. The highest BCUT2D eigenvalue weighted by Gasteiger charge is 2.40. The van der Waals surface area contributed by atoms with Crippen LogP contribution >= 0.6 is 0 Å². The number of nitrogens with zero attached hydrogens (tertiary/aromatic N) is 2. The highest BCUT2D eigenvalue weighted by atomic mass is 16.5. The number of hydrogen-bond donors (Lipinski definition) is 0. The molecule has 1 heterocycles. The van der Waals surface area contributed by atoms with E-state index in [2.05, 4.69) is 0 Å². The van der Waals surface area contributed by atoms with Crippen molar-refractivity contribution in [1.29, 1.82) is 0 Å². The molecular weight excluding hydrogens is 224 g/mol. The van der Waals surface area contributed by atoms with Crippen molar-refractivity contribution in [2.45, 2.75) is 20.8 Å². The molecule has 1 aliphatic rings. The molecule has 1 rings (SSSR count). The summed E-state index contributed by atoms with van der Waals surface area (Å²) in [6.07, 6.45) is 1.13. The van der Waals surface area contributed by atoms with Crippen molar-refractivity contribution in [2.24, 2.45) is 0 Å². The smallest absolute Gasteiger partial charge is 0.333 e. The molecular formula is C11H16N2O4. The molecule has 0 atom stereocenters. The molecule has 0 N–H and O–H groups in total. The number of ether oxygens (including phenoxy) is 1. The summed E-state index contributed by atoms with van der Waals surface area (Å²) >= 11 is 0. The Balaban J connectivity index is 3.10. The number of imide groups is 2. The Kier molecular flexibility index (Phi) is 4.25. The third-order valence-corrected chi connectivity index (χ3v) is 2.41. The van der Waals surface area contributed by atoms with Gasteiger partial charge in [0.15, 0.2) is 0 Å². The van der Waals surface area contributed by atoms with Gasteiger partial charge in [0.1, 0.15) is 11.8 Å². The summed E-state index contributed by atoms with van der Waals surface area (Å²) in [5.74, 6) is -1.19. The van der Waals surface area contributed by atoms with Crippen LogP contribution in [0.15, 0.2) is 11.8 Å². The second-order valence-electron chi connectivity index (χ2n) is 3.37. The SMILES string of the molecule is CCOC=C1C(=O)N(CC)C(=O)N(CC)C1=O. The van der Waals surface area contributed by atoms with Gasteiger partial charge in [0.2, 0.25) is 0 Å². The predicted octanol–water partition coefficient (Wildman–Crippen LogP) is 0.737. The lowest BCUT2D eigenvalue weighted by atomic mass is 10.1. The Labute approximate surface area is 99.8 Å². The van der Waals surface area contributed by atoms with Gasteiger partial charge in [-0.3, -0.25) is 19.4 Å². The van der Waals surface area contributed by atoms with Crippen molar-refractivity contribution in [3.8, 4) is 0 Å². The first-order chi connectivity index (χ1) is 8.08. The van der Waals surface area contributed by atoms with Crippen LogP contribution in [-0.2, 0) is 14.3 Å². The summed E-state index contributed by atoms with van der Waals surface area (Å²) in [5.41, 5.74) is -0.102. The molecule has 0 spiro atoms. The van der Waals surface area contributed by atoms with Gasteiger partial charge in [-0.25, -0.2) is 4.79 Å². The first-order valence-electron chi connectivity index (χ1n) is 5.57. The van der Waals surface area contributed by atoms with Crippen LogP contribution in [0, 0.1) is 0 Å². The standard InChI is InChI=1S/C11H16N2O4/c1-4-12-9(14)8(7-17-6-3)10(15)13(5-2)11(12)16/h7H,4-6H2,1-3H3. The van der Waals surface area contributed by atoms with Gasteiger partial charge in [0.25, 0.3) is 11.8 Å². The average molecular weight is 240 g/mol. The zero-order valence-electron chi connectivity index (χ0n) is 10.2. The van der Waals surface area contributed by atoms with Crippen molar-refractivity contribution < 1.29 is 19.1 Å². The second kappa shape index (κ2) is 5.47.